The van der Waals surface area contributed by atoms with Crippen molar-refractivity contribution in [3.8, 4) is 0 Å². The second-order valence-electron chi connectivity index (χ2n) is 10.1. The summed E-state index contributed by atoms with van der Waals surface area (Å²) in [7, 11) is 0. The Morgan fingerprint density at radius 2 is 1.32 bits per heavy atom. The Labute approximate surface area is 206 Å². The third-order valence-electron chi connectivity index (χ3n) is 5.85. The first kappa shape index (κ1) is 29.3. The van der Waals surface area contributed by atoms with Gasteiger partial charge >= 0.3 is 0 Å². The molecule has 0 aliphatic heterocycles. The van der Waals surface area contributed by atoms with E-state index < -0.39 is 11.7 Å². The minimum absolute atomic E-state index is 0.0833. The van der Waals surface area contributed by atoms with E-state index in [-0.39, 0.29) is 11.2 Å². The van der Waals surface area contributed by atoms with Crippen molar-refractivity contribution in [1.29, 1.82) is 0 Å². The maximum absolute atomic E-state index is 11.2. The number of rotatable bonds is 8. The summed E-state index contributed by atoms with van der Waals surface area (Å²) in [5.41, 5.74) is 6.79. The highest BCUT2D eigenvalue weighted by molar-refractivity contribution is 5.92. The molecule has 0 aromatic rings. The summed E-state index contributed by atoms with van der Waals surface area (Å²) in [6.45, 7) is 15.3. The summed E-state index contributed by atoms with van der Waals surface area (Å²) in [6.07, 6.45) is 22.2. The summed E-state index contributed by atoms with van der Waals surface area (Å²) in [5.74, 6) is 0.0833. The van der Waals surface area contributed by atoms with Crippen LogP contribution in [0.15, 0.2) is 100 Å². The molecule has 0 spiro atoms. The summed E-state index contributed by atoms with van der Waals surface area (Å²) in [5, 5.41) is 20.8. The molecule has 184 valence electrons. The fraction of sp³-hybridized carbons (Fsp3) is 0.419. The molecule has 0 aromatic carbocycles. The Balaban J connectivity index is 2.79. The van der Waals surface area contributed by atoms with Gasteiger partial charge in [-0.3, -0.25) is 4.79 Å². The molecule has 3 nitrogen and oxygen atoms in total. The number of carbonyl (C=O) groups is 1. The normalized spacial score (nSPS) is 24.9. The molecule has 1 saturated carbocycles. The van der Waals surface area contributed by atoms with E-state index in [0.29, 0.717) is 12.8 Å². The van der Waals surface area contributed by atoms with Crippen LogP contribution in [0, 0.1) is 5.41 Å². The van der Waals surface area contributed by atoms with Crippen molar-refractivity contribution in [2.45, 2.75) is 79.9 Å². The smallest absolute Gasteiger partial charge is 0.155 e. The van der Waals surface area contributed by atoms with Crippen LogP contribution in [0.25, 0.3) is 0 Å². The molecule has 1 fully saturated rings. The highest BCUT2D eigenvalue weighted by atomic mass is 16.3. The topological polar surface area (TPSA) is 57.5 Å². The zero-order valence-corrected chi connectivity index (χ0v) is 22.1. The van der Waals surface area contributed by atoms with Gasteiger partial charge in [0.25, 0.3) is 0 Å². The van der Waals surface area contributed by atoms with Crippen molar-refractivity contribution in [2.75, 3.05) is 0 Å². The van der Waals surface area contributed by atoms with E-state index in [0.717, 1.165) is 27.9 Å². The van der Waals surface area contributed by atoms with Crippen molar-refractivity contribution in [2.24, 2.45) is 5.41 Å². The Morgan fingerprint density at radius 1 is 0.824 bits per heavy atom. The van der Waals surface area contributed by atoms with Crippen molar-refractivity contribution in [1.82, 2.24) is 0 Å². The Hall–Kier alpha value is -2.71. The van der Waals surface area contributed by atoms with Gasteiger partial charge in [-0.25, -0.2) is 0 Å². The first-order chi connectivity index (χ1) is 15.7. The summed E-state index contributed by atoms with van der Waals surface area (Å²) in [4.78, 5) is 11.2. The molecule has 3 heteroatoms. The minimum atomic E-state index is -1.05. The molecule has 0 amide bonds. The van der Waals surface area contributed by atoms with Crippen LogP contribution in [-0.2, 0) is 4.79 Å². The highest BCUT2D eigenvalue weighted by Gasteiger charge is 2.44. The van der Waals surface area contributed by atoms with E-state index in [1.54, 1.807) is 13.8 Å². The number of hydrogen-bond acceptors (Lipinski definition) is 3. The maximum atomic E-state index is 11.2. The van der Waals surface area contributed by atoms with Gasteiger partial charge in [0, 0.05) is 12.0 Å². The lowest BCUT2D eigenvalue weighted by atomic mass is 9.65. The number of allylic oxidation sites excluding steroid dienone is 14. The van der Waals surface area contributed by atoms with Crippen molar-refractivity contribution in [3.05, 3.63) is 100 Å². The number of Topliss-reactive ketones (excluding diaryl/α,β-unsaturated/α-hetero) is 1. The van der Waals surface area contributed by atoms with E-state index >= 15 is 0 Å². The van der Waals surface area contributed by atoms with Gasteiger partial charge in [-0.2, -0.15) is 0 Å². The van der Waals surface area contributed by atoms with Gasteiger partial charge in [-0.05, 0) is 70.6 Å². The summed E-state index contributed by atoms with van der Waals surface area (Å²) >= 11 is 0. The molecule has 2 N–H and O–H groups in total. The highest BCUT2D eigenvalue weighted by Crippen LogP contribution is 2.45. The molecule has 34 heavy (non-hydrogen) atoms. The monoisotopic (exact) mass is 462 g/mol. The Kier molecular flexibility index (Phi) is 11.4. The van der Waals surface area contributed by atoms with Gasteiger partial charge in [0.15, 0.2) is 5.78 Å². The molecule has 1 aliphatic rings. The van der Waals surface area contributed by atoms with E-state index in [4.69, 9.17) is 0 Å². The quantitative estimate of drug-likeness (QED) is 0.231. The van der Waals surface area contributed by atoms with Gasteiger partial charge in [0.1, 0.15) is 0 Å². The first-order valence-corrected chi connectivity index (χ1v) is 11.9. The fourth-order valence-corrected chi connectivity index (χ4v) is 3.98. The van der Waals surface area contributed by atoms with Crippen LogP contribution in [0.5, 0.6) is 0 Å². The van der Waals surface area contributed by atoms with Gasteiger partial charge in [-0.15, -0.1) is 5.73 Å². The van der Waals surface area contributed by atoms with Gasteiger partial charge < -0.3 is 10.2 Å². The molecule has 0 saturated heterocycles. The number of ketones is 1. The molecule has 0 heterocycles. The van der Waals surface area contributed by atoms with Crippen molar-refractivity contribution >= 4 is 5.78 Å². The third kappa shape index (κ3) is 10.5. The molecule has 0 bridgehead atoms. The van der Waals surface area contributed by atoms with E-state index in [1.807, 2.05) is 108 Å². The van der Waals surface area contributed by atoms with Crippen molar-refractivity contribution < 1.29 is 15.0 Å². The number of carbonyl (C=O) groups excluding carboxylic acids is 1. The summed E-state index contributed by atoms with van der Waals surface area (Å²) < 4.78 is 0. The fourth-order valence-electron chi connectivity index (χ4n) is 3.98. The van der Waals surface area contributed by atoms with Crippen LogP contribution < -0.4 is 0 Å². The lowest BCUT2D eigenvalue weighted by Crippen LogP contribution is -2.45. The third-order valence-corrected chi connectivity index (χ3v) is 5.85. The average molecular weight is 463 g/mol. The minimum Gasteiger partial charge on any atom is -0.393 e. The largest absolute Gasteiger partial charge is 0.393 e. The predicted molar refractivity (Wildman–Crippen MR) is 144 cm³/mol. The van der Waals surface area contributed by atoms with Crippen LogP contribution in [0.4, 0.5) is 0 Å². The van der Waals surface area contributed by atoms with Crippen LogP contribution in [0.2, 0.25) is 0 Å². The molecule has 2 unspecified atom stereocenters. The average Bonchev–Trinajstić information content (AvgIpc) is 2.68. The molecule has 0 radical (unpaired) electrons. The predicted octanol–water partition coefficient (Wildman–Crippen LogP) is 7.04. The molecule has 1 rings (SSSR count). The van der Waals surface area contributed by atoms with E-state index in [9.17, 15) is 15.0 Å². The lowest BCUT2D eigenvalue weighted by Gasteiger charge is -2.43. The number of hydrogen-bond donors (Lipinski definition) is 2. The number of aliphatic hydroxyl groups is 2. The SMILES string of the molecule is CC(=O)/C(C)=C/C=C/C(C)=C/C=C/C=C(C)/C=C/C=C(\C)C=C=C1C(C)(C)CC(O)CC1(C)O. The molecular weight excluding hydrogens is 420 g/mol. The van der Waals surface area contributed by atoms with Gasteiger partial charge in [0.05, 0.1) is 11.7 Å². The molecular formula is C31H42O3. The first-order valence-electron chi connectivity index (χ1n) is 11.9. The zero-order chi connectivity index (χ0) is 25.9. The number of aliphatic hydroxyl groups excluding tert-OH is 1. The second-order valence-corrected chi connectivity index (χ2v) is 10.1. The summed E-state index contributed by atoms with van der Waals surface area (Å²) in [6, 6.07) is 0. The van der Waals surface area contributed by atoms with Crippen LogP contribution in [0.3, 0.4) is 0 Å². The van der Waals surface area contributed by atoms with E-state index in [1.165, 1.54) is 0 Å². The standard InChI is InChI=1S/C31H42O3/c1-23(13-9-10-14-24(2)17-12-18-26(4)27(5)32)15-11-16-25(3)19-20-29-30(6,7)21-28(33)22-31(29,8)34/h9-19,28,33-34H,21-22H2,1-8H3/b10-9+,15-11+,17-12+,23-13+,24-14+,25-16+,26-18+. The van der Waals surface area contributed by atoms with E-state index in [2.05, 4.69) is 5.73 Å². The molecule has 0 aromatic heterocycles. The van der Waals surface area contributed by atoms with Gasteiger partial charge in [0.2, 0.25) is 0 Å². The maximum Gasteiger partial charge on any atom is 0.155 e. The Bertz CT molecular complexity index is 991. The Morgan fingerprint density at radius 3 is 1.82 bits per heavy atom. The van der Waals surface area contributed by atoms with Crippen LogP contribution >= 0.6 is 0 Å². The molecule has 1 aliphatic carbocycles. The zero-order valence-electron chi connectivity index (χ0n) is 22.1. The second kappa shape index (κ2) is 13.2. The van der Waals surface area contributed by atoms with Crippen LogP contribution in [0.1, 0.15) is 68.2 Å². The van der Waals surface area contributed by atoms with Crippen molar-refractivity contribution in [3.63, 3.8) is 0 Å². The van der Waals surface area contributed by atoms with Gasteiger partial charge in [-0.1, -0.05) is 85.8 Å². The lowest BCUT2D eigenvalue weighted by molar-refractivity contribution is -0.113. The van der Waals surface area contributed by atoms with Crippen LogP contribution in [-0.4, -0.2) is 27.7 Å². The molecule has 2 atom stereocenters.